The first-order chi connectivity index (χ1) is 56.2. The largest absolute Gasteiger partial charge is 0.508 e. The van der Waals surface area contributed by atoms with Gasteiger partial charge in [0.15, 0.2) is 17.5 Å². The maximum atomic E-state index is 14.7. The number of aliphatic carboxylic acids is 1. The van der Waals surface area contributed by atoms with E-state index in [1.165, 1.54) is 50.2 Å². The van der Waals surface area contributed by atoms with Crippen LogP contribution in [0.25, 0.3) is 0 Å². The molecule has 13 amide bonds. The lowest BCUT2D eigenvalue weighted by atomic mass is 9.99. The molecule has 0 spiro atoms. The van der Waals surface area contributed by atoms with E-state index >= 15 is 0 Å². The average molecular weight is 1670 g/mol. The molecule has 13 atom stereocenters. The number of amides is 13. The molecule has 41 heteroatoms. The molecule has 3 aromatic carbocycles. The van der Waals surface area contributed by atoms with Crippen molar-refractivity contribution in [3.63, 3.8) is 0 Å². The number of phenolic OH excluding ortho intramolecular Hbond substituents is 1. The summed E-state index contributed by atoms with van der Waals surface area (Å²) in [5.41, 5.74) is 34.6. The van der Waals surface area contributed by atoms with Gasteiger partial charge in [-0.25, -0.2) is 4.79 Å². The quantitative estimate of drug-likeness (QED) is 0.00632. The SMILES string of the molecule is CC(C)C[C@H](NC(=O)[C@H](Cc1ccc(O)cc1)NC(=O)[C@H](C)N)C(=O)N[C@@H](CCCCN)C(=O)N[C@@H](CC(C)C)C(=O)N[C@@H](CC(=O)O)C(=O)N1CCC[C@H]1C(=O)N[C@@H](CCCNC(=N)N)C(=O)N[C@@H](CC(N)=O)C(=O)c1ccc(OC(=O)[C@H](CC(N)=O)N(C(=O)[C@H](C)N)c2ccc(C(=O)CNC(=O)[C@H](CO)NC(=O)[C@@H]3CCCN3)cc2)cc1. The molecule has 2 heterocycles. The summed E-state index contributed by atoms with van der Waals surface area (Å²) in [4.78, 5) is 235. The predicted octanol–water partition coefficient (Wildman–Crippen LogP) is -4.56. The first-order valence-corrected chi connectivity index (χ1v) is 39.3. The fourth-order valence-electron chi connectivity index (χ4n) is 13.1. The van der Waals surface area contributed by atoms with Gasteiger partial charge in [0.05, 0.1) is 50.5 Å². The Bertz CT molecular complexity index is 4090. The normalized spacial score (nSPS) is 16.5. The van der Waals surface area contributed by atoms with E-state index in [4.69, 9.17) is 44.5 Å². The number of likely N-dealkylation sites (tertiary alicyclic amines) is 1. The van der Waals surface area contributed by atoms with E-state index in [1.54, 1.807) is 39.8 Å². The van der Waals surface area contributed by atoms with Gasteiger partial charge in [0.1, 0.15) is 71.9 Å². The van der Waals surface area contributed by atoms with E-state index in [2.05, 4.69) is 58.5 Å². The van der Waals surface area contributed by atoms with Gasteiger partial charge in [0.2, 0.25) is 76.8 Å². The fraction of sp³-hybridized carbons (Fsp3) is 0.538. The summed E-state index contributed by atoms with van der Waals surface area (Å²) in [5, 5.41) is 66.0. The number of carbonyl (C=O) groups excluding carboxylic acids is 16. The Morgan fingerprint density at radius 1 is 0.563 bits per heavy atom. The summed E-state index contributed by atoms with van der Waals surface area (Å²) in [6.07, 6.45) is -1.12. The van der Waals surface area contributed by atoms with Gasteiger partial charge in [0, 0.05) is 36.3 Å². The van der Waals surface area contributed by atoms with Crippen molar-refractivity contribution in [2.24, 2.45) is 46.2 Å². The standard InChI is InChI=1S/C78H114N20O21/c1-40(2)32-54(94-73(114)56(92-66(107)42(5)80)34-44-16-24-48(100)25-17-44)71(112)89-51(12-7-8-28-79)70(111)93-55(33-41(3)4)72(113)95-57(36-64(104)105)76(117)97-31-11-15-59(97)74(115)90-52(14-10-30-87-78(84)85)69(110)91-53(35-62(82)102)65(106)46-20-26-49(27-21-46)119-77(118)60(37-63(83)103)98(75(116)43(6)81)47-22-18-45(19-23-47)61(101)38-88-67(108)58(39-99)96-68(109)50-13-9-29-86-50/h16-27,40-43,50-60,86,99-100H,7-15,28-39,79-81H2,1-6H3,(H2,82,102)(H2,83,103)(H,88,108)(H,89,112)(H,90,115)(H,91,110)(H,92,107)(H,93,111)(H,94,114)(H,95,113)(H,96,109)(H,104,105)(H4,84,85,87)/t42-,43-,50-,51-,52-,53-,54-,55-,56-,57-,58-,59-,60-/m0/s1. The van der Waals surface area contributed by atoms with Crippen LogP contribution in [0.2, 0.25) is 0 Å². The van der Waals surface area contributed by atoms with E-state index in [-0.39, 0.29) is 118 Å². The zero-order chi connectivity index (χ0) is 88.5. The average Bonchev–Trinajstić information content (AvgIpc) is 0.990. The number of carboxylic acid groups (broad SMARTS) is 1. The zero-order valence-corrected chi connectivity index (χ0v) is 67.5. The number of benzene rings is 3. The Morgan fingerprint density at radius 3 is 1.62 bits per heavy atom. The molecular weight excluding hydrogens is 1550 g/mol. The van der Waals surface area contributed by atoms with Crippen molar-refractivity contribution in [2.45, 2.75) is 216 Å². The number of ether oxygens (including phenoxy) is 1. The number of rotatable bonds is 49. The molecule has 2 aliphatic rings. The van der Waals surface area contributed by atoms with Crippen LogP contribution in [-0.2, 0) is 78.3 Å². The smallest absolute Gasteiger partial charge is 0.335 e. The van der Waals surface area contributed by atoms with Crippen molar-refractivity contribution in [2.75, 3.05) is 44.2 Å². The summed E-state index contributed by atoms with van der Waals surface area (Å²) in [5.74, 6) is -17.5. The number of guanidine groups is 1. The Hall–Kier alpha value is -12.1. The maximum absolute atomic E-state index is 14.7. The number of nitrogens with zero attached hydrogens (tertiary/aromatic N) is 2. The second-order valence-electron chi connectivity index (χ2n) is 30.1. The third-order valence-electron chi connectivity index (χ3n) is 19.2. The molecule has 119 heavy (non-hydrogen) atoms. The summed E-state index contributed by atoms with van der Waals surface area (Å²) in [6, 6.07) is -2.89. The van der Waals surface area contributed by atoms with Crippen LogP contribution < -0.4 is 103 Å². The molecule has 0 aromatic heterocycles. The van der Waals surface area contributed by atoms with E-state index in [1.807, 2.05) is 0 Å². The van der Waals surface area contributed by atoms with E-state index in [9.17, 15) is 96.8 Å². The number of aromatic hydroxyl groups is 1. The highest BCUT2D eigenvalue weighted by Gasteiger charge is 2.43. The predicted molar refractivity (Wildman–Crippen MR) is 430 cm³/mol. The molecule has 0 saturated carbocycles. The highest BCUT2D eigenvalue weighted by molar-refractivity contribution is 6.07. The number of anilines is 1. The minimum Gasteiger partial charge on any atom is -0.508 e. The van der Waals surface area contributed by atoms with E-state index < -0.39 is 217 Å². The number of aliphatic hydroxyl groups is 1. The fourth-order valence-corrected chi connectivity index (χ4v) is 13.1. The number of nitrogens with two attached hydrogens (primary N) is 6. The van der Waals surface area contributed by atoms with Crippen molar-refractivity contribution in [1.82, 2.24) is 63.4 Å². The van der Waals surface area contributed by atoms with Crippen LogP contribution in [-0.4, -0.2) is 244 Å². The third kappa shape index (κ3) is 31.7. The molecule has 0 unspecified atom stereocenters. The number of carboxylic acids is 1. The molecule has 2 saturated heterocycles. The summed E-state index contributed by atoms with van der Waals surface area (Å²) < 4.78 is 5.62. The van der Waals surface area contributed by atoms with Crippen LogP contribution in [0.3, 0.4) is 0 Å². The molecule has 3 aromatic rings. The molecule has 5 rings (SSSR count). The number of Topliss-reactive ketones (excluding diaryl/α,β-unsaturated/α-hetero) is 2. The number of ketones is 2. The van der Waals surface area contributed by atoms with Gasteiger partial charge in [-0.15, -0.1) is 0 Å². The Balaban J connectivity index is 1.32. The van der Waals surface area contributed by atoms with Crippen molar-refractivity contribution < 1.29 is 102 Å². The number of hydrogen-bond donors (Lipinski definition) is 21. The molecule has 652 valence electrons. The van der Waals surface area contributed by atoms with E-state index in [0.29, 0.717) is 24.9 Å². The second kappa shape index (κ2) is 48.0. The van der Waals surface area contributed by atoms with Gasteiger partial charge in [0.25, 0.3) is 0 Å². The van der Waals surface area contributed by atoms with Gasteiger partial charge >= 0.3 is 11.9 Å². The van der Waals surface area contributed by atoms with Crippen LogP contribution in [0.1, 0.15) is 158 Å². The van der Waals surface area contributed by atoms with E-state index in [0.717, 1.165) is 40.5 Å². The first-order valence-electron chi connectivity index (χ1n) is 39.3. The topological polar surface area (TPSA) is 679 Å². The van der Waals surface area contributed by atoms with Gasteiger partial charge in [-0.3, -0.25) is 87.0 Å². The van der Waals surface area contributed by atoms with Gasteiger partial charge in [-0.1, -0.05) is 39.8 Å². The zero-order valence-electron chi connectivity index (χ0n) is 67.5. The van der Waals surface area contributed by atoms with Crippen LogP contribution in [0.4, 0.5) is 5.69 Å². The second-order valence-corrected chi connectivity index (χ2v) is 30.1. The van der Waals surface area contributed by atoms with Crippen LogP contribution in [0, 0.1) is 17.2 Å². The molecule has 0 aliphatic carbocycles. The lowest BCUT2D eigenvalue weighted by Crippen LogP contribution is -2.60. The van der Waals surface area contributed by atoms with Crippen molar-refractivity contribution >= 4 is 112 Å². The van der Waals surface area contributed by atoms with Crippen LogP contribution >= 0.6 is 0 Å². The molecule has 2 fully saturated rings. The Morgan fingerprint density at radius 2 is 1.09 bits per heavy atom. The summed E-state index contributed by atoms with van der Waals surface area (Å²) >= 11 is 0. The van der Waals surface area contributed by atoms with Crippen molar-refractivity contribution in [1.29, 1.82) is 5.41 Å². The number of aliphatic hydroxyl groups excluding tert-OH is 1. The highest BCUT2D eigenvalue weighted by Crippen LogP contribution is 2.26. The lowest BCUT2D eigenvalue weighted by molar-refractivity contribution is -0.146. The number of esters is 1. The molecule has 27 N–H and O–H groups in total. The summed E-state index contributed by atoms with van der Waals surface area (Å²) in [7, 11) is 0. The van der Waals surface area contributed by atoms with Crippen LogP contribution in [0.5, 0.6) is 11.5 Å². The monoisotopic (exact) mass is 1670 g/mol. The lowest BCUT2D eigenvalue weighted by Gasteiger charge is -2.31. The Labute approximate surface area is 687 Å². The van der Waals surface area contributed by atoms with Gasteiger partial charge in [-0.05, 0) is 176 Å². The molecule has 0 radical (unpaired) electrons. The number of unbranched alkanes of at least 4 members (excludes halogenated alkanes) is 1. The molecule has 41 nitrogen and oxygen atoms in total. The highest BCUT2D eigenvalue weighted by atomic mass is 16.5. The Kier molecular flexibility index (Phi) is 39.3. The minimum absolute atomic E-state index is 0.00377. The first kappa shape index (κ1) is 97.5. The molecular formula is C78H114N20O21. The molecule has 2 aliphatic heterocycles. The number of hydrogen-bond acceptors (Lipinski definition) is 25. The van der Waals surface area contributed by atoms with Crippen molar-refractivity contribution in [3.8, 4) is 11.5 Å². The van der Waals surface area contributed by atoms with Crippen molar-refractivity contribution in [3.05, 3.63) is 89.5 Å². The number of phenols is 1. The van der Waals surface area contributed by atoms with Crippen LogP contribution in [0.15, 0.2) is 72.8 Å². The van der Waals surface area contributed by atoms with Gasteiger partial charge in [-0.2, -0.15) is 0 Å². The number of carbonyl (C=O) groups is 17. The number of primary amides is 2. The minimum atomic E-state index is -1.89. The summed E-state index contributed by atoms with van der Waals surface area (Å²) in [6.45, 7) is 8.91. The third-order valence-corrected chi connectivity index (χ3v) is 19.2. The van der Waals surface area contributed by atoms with Gasteiger partial charge < -0.3 is 118 Å². The maximum Gasteiger partial charge on any atom is 0.335 e. The number of nitrogens with one attached hydrogen (secondary N) is 12. The molecule has 0 bridgehead atoms.